The van der Waals surface area contributed by atoms with E-state index in [0.29, 0.717) is 30.2 Å². The molecule has 2 aromatic heterocycles. The molecule has 28 heavy (non-hydrogen) atoms. The van der Waals surface area contributed by atoms with Crippen molar-refractivity contribution in [2.24, 2.45) is 0 Å². The van der Waals surface area contributed by atoms with Gasteiger partial charge in [0.2, 0.25) is 0 Å². The topological polar surface area (TPSA) is 80.5 Å². The SMILES string of the molecule is CC(Nc1ccn2ncc(C(=O)NC3CCOCC3)c2n1)c1cccc(F)c1. The number of nitrogens with one attached hydrogen (secondary N) is 2. The first kappa shape index (κ1) is 18.4. The molecule has 4 rings (SSSR count). The first-order valence-corrected chi connectivity index (χ1v) is 9.35. The van der Waals surface area contributed by atoms with Gasteiger partial charge in [-0.3, -0.25) is 4.79 Å². The van der Waals surface area contributed by atoms with Gasteiger partial charge in [-0.05, 0) is 43.5 Å². The van der Waals surface area contributed by atoms with Crippen molar-refractivity contribution >= 4 is 17.4 Å². The molecular formula is C20H22FN5O2. The number of carbonyl (C=O) groups is 1. The highest BCUT2D eigenvalue weighted by molar-refractivity contribution is 5.99. The van der Waals surface area contributed by atoms with Crippen molar-refractivity contribution in [3.8, 4) is 0 Å². The zero-order chi connectivity index (χ0) is 19.5. The van der Waals surface area contributed by atoms with Crippen LogP contribution in [0.5, 0.6) is 0 Å². The highest BCUT2D eigenvalue weighted by Crippen LogP contribution is 2.20. The van der Waals surface area contributed by atoms with Gasteiger partial charge in [0.1, 0.15) is 17.2 Å². The number of fused-ring (bicyclic) bond motifs is 1. The number of carbonyl (C=O) groups excluding carboxylic acids is 1. The lowest BCUT2D eigenvalue weighted by atomic mass is 10.1. The number of ether oxygens (including phenoxy) is 1. The van der Waals surface area contributed by atoms with Gasteiger partial charge < -0.3 is 15.4 Å². The van der Waals surface area contributed by atoms with Gasteiger partial charge in [0.25, 0.3) is 5.91 Å². The fourth-order valence-corrected chi connectivity index (χ4v) is 3.30. The smallest absolute Gasteiger partial charge is 0.256 e. The van der Waals surface area contributed by atoms with E-state index in [4.69, 9.17) is 4.74 Å². The van der Waals surface area contributed by atoms with Crippen LogP contribution < -0.4 is 10.6 Å². The van der Waals surface area contributed by atoms with E-state index in [2.05, 4.69) is 20.7 Å². The summed E-state index contributed by atoms with van der Waals surface area (Å²) in [4.78, 5) is 17.2. The zero-order valence-corrected chi connectivity index (χ0v) is 15.6. The van der Waals surface area contributed by atoms with E-state index in [1.165, 1.54) is 18.3 Å². The Labute approximate surface area is 161 Å². The van der Waals surface area contributed by atoms with Gasteiger partial charge in [-0.15, -0.1) is 0 Å². The van der Waals surface area contributed by atoms with Gasteiger partial charge in [-0.1, -0.05) is 12.1 Å². The Kier molecular flexibility index (Phi) is 5.21. The van der Waals surface area contributed by atoms with Crippen molar-refractivity contribution in [2.75, 3.05) is 18.5 Å². The third-order valence-electron chi connectivity index (χ3n) is 4.88. The van der Waals surface area contributed by atoms with Crippen molar-refractivity contribution in [3.05, 3.63) is 59.7 Å². The van der Waals surface area contributed by atoms with E-state index in [0.717, 1.165) is 18.4 Å². The number of rotatable bonds is 5. The van der Waals surface area contributed by atoms with Gasteiger partial charge in [0.05, 0.1) is 12.2 Å². The fourth-order valence-electron chi connectivity index (χ4n) is 3.30. The molecule has 2 N–H and O–H groups in total. The molecule has 1 aromatic carbocycles. The van der Waals surface area contributed by atoms with Crippen molar-refractivity contribution in [2.45, 2.75) is 31.8 Å². The van der Waals surface area contributed by atoms with Crippen LogP contribution in [0.1, 0.15) is 41.7 Å². The number of hydrogen-bond donors (Lipinski definition) is 2. The van der Waals surface area contributed by atoms with Crippen molar-refractivity contribution in [1.29, 1.82) is 0 Å². The van der Waals surface area contributed by atoms with Gasteiger partial charge >= 0.3 is 0 Å². The summed E-state index contributed by atoms with van der Waals surface area (Å²) < 4.78 is 20.4. The first-order chi connectivity index (χ1) is 13.6. The summed E-state index contributed by atoms with van der Waals surface area (Å²) in [6, 6.07) is 8.16. The number of nitrogens with zero attached hydrogens (tertiary/aromatic N) is 3. The molecule has 1 unspecified atom stereocenters. The summed E-state index contributed by atoms with van der Waals surface area (Å²) in [5.41, 5.74) is 1.71. The predicted octanol–water partition coefficient (Wildman–Crippen LogP) is 2.95. The molecule has 8 heteroatoms. The molecule has 3 heterocycles. The highest BCUT2D eigenvalue weighted by Gasteiger charge is 2.20. The van der Waals surface area contributed by atoms with E-state index in [1.54, 1.807) is 22.8 Å². The maximum atomic E-state index is 13.5. The van der Waals surface area contributed by atoms with Gasteiger partial charge in [-0.2, -0.15) is 5.10 Å². The first-order valence-electron chi connectivity index (χ1n) is 9.35. The number of amides is 1. The third-order valence-corrected chi connectivity index (χ3v) is 4.88. The minimum Gasteiger partial charge on any atom is -0.381 e. The lowest BCUT2D eigenvalue weighted by molar-refractivity contribution is 0.0697. The number of aromatic nitrogens is 3. The molecule has 1 aliphatic heterocycles. The maximum Gasteiger partial charge on any atom is 0.256 e. The molecule has 146 valence electrons. The number of halogens is 1. The number of anilines is 1. The van der Waals surface area contributed by atoms with E-state index < -0.39 is 0 Å². The average molecular weight is 383 g/mol. The lowest BCUT2D eigenvalue weighted by Crippen LogP contribution is -2.38. The summed E-state index contributed by atoms with van der Waals surface area (Å²) in [7, 11) is 0. The van der Waals surface area contributed by atoms with Gasteiger partial charge in [0.15, 0.2) is 5.65 Å². The molecule has 7 nitrogen and oxygen atoms in total. The van der Waals surface area contributed by atoms with Crippen molar-refractivity contribution < 1.29 is 13.9 Å². The van der Waals surface area contributed by atoms with Crippen LogP contribution in [0.15, 0.2) is 42.7 Å². The second-order valence-electron chi connectivity index (χ2n) is 6.92. The van der Waals surface area contributed by atoms with E-state index in [9.17, 15) is 9.18 Å². The average Bonchev–Trinajstić information content (AvgIpc) is 3.12. The normalized spacial score (nSPS) is 16.1. The van der Waals surface area contributed by atoms with E-state index >= 15 is 0 Å². The summed E-state index contributed by atoms with van der Waals surface area (Å²) in [6.45, 7) is 3.24. The number of benzene rings is 1. The Morgan fingerprint density at radius 2 is 2.14 bits per heavy atom. The molecule has 0 bridgehead atoms. The minimum atomic E-state index is -0.280. The van der Waals surface area contributed by atoms with Crippen LogP contribution in [-0.2, 0) is 4.74 Å². The summed E-state index contributed by atoms with van der Waals surface area (Å²) >= 11 is 0. The number of hydrogen-bond acceptors (Lipinski definition) is 5. The molecule has 1 atom stereocenters. The minimum absolute atomic E-state index is 0.102. The van der Waals surface area contributed by atoms with Crippen molar-refractivity contribution in [1.82, 2.24) is 19.9 Å². The lowest BCUT2D eigenvalue weighted by Gasteiger charge is -2.22. The van der Waals surface area contributed by atoms with E-state index in [1.807, 2.05) is 13.0 Å². The molecule has 0 spiro atoms. The molecule has 0 saturated carbocycles. The molecule has 3 aromatic rings. The molecule has 1 saturated heterocycles. The molecule has 0 aliphatic carbocycles. The second kappa shape index (κ2) is 7.93. The van der Waals surface area contributed by atoms with E-state index in [-0.39, 0.29) is 23.8 Å². The predicted molar refractivity (Wildman–Crippen MR) is 103 cm³/mol. The Bertz CT molecular complexity index is 984. The molecule has 1 amide bonds. The largest absolute Gasteiger partial charge is 0.381 e. The molecule has 1 fully saturated rings. The van der Waals surface area contributed by atoms with Crippen LogP contribution in [0, 0.1) is 5.82 Å². The van der Waals surface area contributed by atoms with Crippen LogP contribution in [0.4, 0.5) is 10.2 Å². The van der Waals surface area contributed by atoms with Crippen LogP contribution >= 0.6 is 0 Å². The summed E-state index contributed by atoms with van der Waals surface area (Å²) in [6.07, 6.45) is 4.87. The highest BCUT2D eigenvalue weighted by atomic mass is 19.1. The quantitative estimate of drug-likeness (QED) is 0.708. The molecular weight excluding hydrogens is 361 g/mol. The second-order valence-corrected chi connectivity index (χ2v) is 6.92. The monoisotopic (exact) mass is 383 g/mol. The Morgan fingerprint density at radius 1 is 1.32 bits per heavy atom. The third kappa shape index (κ3) is 3.96. The van der Waals surface area contributed by atoms with Crippen LogP contribution in [0.2, 0.25) is 0 Å². The Hall–Kier alpha value is -3.00. The Morgan fingerprint density at radius 3 is 2.93 bits per heavy atom. The fraction of sp³-hybridized carbons (Fsp3) is 0.350. The molecule has 1 aliphatic rings. The molecule has 0 radical (unpaired) electrons. The standard InChI is InChI=1S/C20H22FN5O2/c1-13(14-3-2-4-15(21)11-14)23-18-5-8-26-19(25-18)17(12-22-26)20(27)24-16-6-9-28-10-7-16/h2-5,8,11-13,16H,6-7,9-10H2,1H3,(H,23,25)(H,24,27). The van der Waals surface area contributed by atoms with Gasteiger partial charge in [0, 0.05) is 25.5 Å². The van der Waals surface area contributed by atoms with Crippen LogP contribution in [-0.4, -0.2) is 39.8 Å². The zero-order valence-electron chi connectivity index (χ0n) is 15.6. The summed E-state index contributed by atoms with van der Waals surface area (Å²) in [5.74, 6) is 0.118. The van der Waals surface area contributed by atoms with Crippen LogP contribution in [0.3, 0.4) is 0 Å². The van der Waals surface area contributed by atoms with Crippen molar-refractivity contribution in [3.63, 3.8) is 0 Å². The summed E-state index contributed by atoms with van der Waals surface area (Å²) in [5, 5.41) is 10.5. The van der Waals surface area contributed by atoms with Crippen LogP contribution in [0.25, 0.3) is 5.65 Å². The maximum absolute atomic E-state index is 13.5. The van der Waals surface area contributed by atoms with Gasteiger partial charge in [-0.25, -0.2) is 13.9 Å². The Balaban J connectivity index is 1.53.